The van der Waals surface area contributed by atoms with Gasteiger partial charge in [0.05, 0.1) is 14.2 Å². The molecule has 0 bridgehead atoms. The monoisotopic (exact) mass is 364 g/mol. The minimum atomic E-state index is -0.476. The van der Waals surface area contributed by atoms with Crippen molar-refractivity contribution in [1.82, 2.24) is 5.32 Å². The highest BCUT2D eigenvalue weighted by atomic mass is 16.5. The largest absolute Gasteiger partial charge is 0.504 e. The van der Waals surface area contributed by atoms with Crippen LogP contribution in [0.25, 0.3) is 6.08 Å². The third-order valence-corrected chi connectivity index (χ3v) is 3.75. The molecule has 0 aliphatic heterocycles. The van der Waals surface area contributed by atoms with Crippen molar-refractivity contribution in [1.29, 1.82) is 5.26 Å². The zero-order chi connectivity index (χ0) is 19.6. The van der Waals surface area contributed by atoms with Gasteiger partial charge in [-0.1, -0.05) is 36.4 Å². The number of phenols is 1. The maximum absolute atomic E-state index is 12.2. The number of aromatic hydroxyl groups is 1. The molecule has 2 aromatic rings. The molecule has 2 rings (SSSR count). The SMILES string of the molecule is COc1cc(/C=C/C=C(\C#N)C(=O)NCc2ccccc2OC)ccc1O. The highest BCUT2D eigenvalue weighted by Gasteiger charge is 2.09. The number of ether oxygens (including phenoxy) is 2. The van der Waals surface area contributed by atoms with Crippen LogP contribution in [-0.4, -0.2) is 25.2 Å². The molecule has 6 heteroatoms. The van der Waals surface area contributed by atoms with E-state index in [1.165, 1.54) is 19.3 Å². The van der Waals surface area contributed by atoms with E-state index in [0.717, 1.165) is 11.1 Å². The molecule has 0 saturated carbocycles. The van der Waals surface area contributed by atoms with Gasteiger partial charge in [0, 0.05) is 12.1 Å². The van der Waals surface area contributed by atoms with E-state index in [1.807, 2.05) is 24.3 Å². The number of para-hydroxylation sites is 1. The van der Waals surface area contributed by atoms with Crippen LogP contribution in [0.2, 0.25) is 0 Å². The average Bonchev–Trinajstić information content (AvgIpc) is 2.70. The number of hydrogen-bond acceptors (Lipinski definition) is 5. The Labute approximate surface area is 158 Å². The van der Waals surface area contributed by atoms with Crippen LogP contribution in [0.1, 0.15) is 11.1 Å². The number of amides is 1. The molecule has 27 heavy (non-hydrogen) atoms. The number of nitriles is 1. The van der Waals surface area contributed by atoms with E-state index in [1.54, 1.807) is 37.5 Å². The molecule has 0 unspecified atom stereocenters. The maximum atomic E-state index is 12.2. The standard InChI is InChI=1S/C21H20N2O4/c1-26-19-9-4-3-7-17(19)14-23-21(25)16(13-22)8-5-6-15-10-11-18(24)20(12-15)27-2/h3-12,24H,14H2,1-2H3,(H,23,25)/b6-5+,16-8+. The van der Waals surface area contributed by atoms with E-state index in [4.69, 9.17) is 9.47 Å². The Morgan fingerprint density at radius 2 is 1.93 bits per heavy atom. The van der Waals surface area contributed by atoms with Crippen LogP contribution in [0.15, 0.2) is 60.2 Å². The molecule has 0 atom stereocenters. The molecule has 0 aliphatic carbocycles. The van der Waals surface area contributed by atoms with Gasteiger partial charge >= 0.3 is 0 Å². The van der Waals surface area contributed by atoms with Crippen LogP contribution in [-0.2, 0) is 11.3 Å². The van der Waals surface area contributed by atoms with Gasteiger partial charge in [-0.25, -0.2) is 0 Å². The van der Waals surface area contributed by atoms with Gasteiger partial charge in [-0.3, -0.25) is 4.79 Å². The normalized spacial score (nSPS) is 11.1. The predicted octanol–water partition coefficient (Wildman–Crippen LogP) is 3.19. The van der Waals surface area contributed by atoms with Crippen LogP contribution in [0.4, 0.5) is 0 Å². The van der Waals surface area contributed by atoms with Crippen LogP contribution in [0.5, 0.6) is 17.2 Å². The van der Waals surface area contributed by atoms with Crippen molar-refractivity contribution in [3.8, 4) is 23.3 Å². The Bertz CT molecular complexity index is 911. The molecule has 0 heterocycles. The third kappa shape index (κ3) is 5.38. The number of methoxy groups -OCH3 is 2. The first-order valence-electron chi connectivity index (χ1n) is 8.14. The van der Waals surface area contributed by atoms with Gasteiger partial charge in [-0.15, -0.1) is 0 Å². The van der Waals surface area contributed by atoms with E-state index in [2.05, 4.69) is 5.32 Å². The lowest BCUT2D eigenvalue weighted by Gasteiger charge is -2.08. The van der Waals surface area contributed by atoms with Crippen molar-refractivity contribution in [2.75, 3.05) is 14.2 Å². The molecule has 0 fully saturated rings. The molecule has 0 saturated heterocycles. The lowest BCUT2D eigenvalue weighted by molar-refractivity contribution is -0.117. The topological polar surface area (TPSA) is 91.6 Å². The number of benzene rings is 2. The minimum absolute atomic E-state index is 0.0214. The summed E-state index contributed by atoms with van der Waals surface area (Å²) < 4.78 is 10.3. The fourth-order valence-corrected chi connectivity index (χ4v) is 2.34. The van der Waals surface area contributed by atoms with Crippen LogP contribution >= 0.6 is 0 Å². The zero-order valence-corrected chi connectivity index (χ0v) is 15.1. The van der Waals surface area contributed by atoms with Gasteiger partial charge in [0.25, 0.3) is 5.91 Å². The molecule has 0 radical (unpaired) electrons. The quantitative estimate of drug-likeness (QED) is 0.447. The molecular formula is C21H20N2O4. The molecule has 2 aromatic carbocycles. The van der Waals surface area contributed by atoms with Gasteiger partial charge < -0.3 is 19.9 Å². The van der Waals surface area contributed by atoms with Crippen molar-refractivity contribution in [3.05, 3.63) is 71.3 Å². The molecular weight excluding hydrogens is 344 g/mol. The molecule has 0 aliphatic rings. The lowest BCUT2D eigenvalue weighted by Crippen LogP contribution is -2.24. The predicted molar refractivity (Wildman–Crippen MR) is 102 cm³/mol. The van der Waals surface area contributed by atoms with E-state index in [-0.39, 0.29) is 17.9 Å². The summed E-state index contributed by atoms with van der Waals surface area (Å²) in [7, 11) is 3.02. The third-order valence-electron chi connectivity index (χ3n) is 3.75. The number of nitrogens with zero attached hydrogens (tertiary/aromatic N) is 1. The number of nitrogens with one attached hydrogen (secondary N) is 1. The lowest BCUT2D eigenvalue weighted by atomic mass is 10.1. The van der Waals surface area contributed by atoms with E-state index in [9.17, 15) is 15.2 Å². The van der Waals surface area contributed by atoms with Crippen molar-refractivity contribution in [2.24, 2.45) is 0 Å². The summed E-state index contributed by atoms with van der Waals surface area (Å²) in [5.41, 5.74) is 1.55. The van der Waals surface area contributed by atoms with Crippen LogP contribution < -0.4 is 14.8 Å². The van der Waals surface area contributed by atoms with E-state index < -0.39 is 5.91 Å². The summed E-state index contributed by atoms with van der Waals surface area (Å²) in [5.74, 6) is 0.576. The number of hydrogen-bond donors (Lipinski definition) is 2. The Hall–Kier alpha value is -3.72. The summed E-state index contributed by atoms with van der Waals surface area (Å²) in [6, 6.07) is 14.1. The summed E-state index contributed by atoms with van der Waals surface area (Å²) in [4.78, 5) is 12.2. The van der Waals surface area contributed by atoms with Crippen molar-refractivity contribution < 1.29 is 19.4 Å². The molecule has 6 nitrogen and oxygen atoms in total. The molecule has 2 N–H and O–H groups in total. The van der Waals surface area contributed by atoms with Crippen molar-refractivity contribution in [2.45, 2.75) is 6.54 Å². The van der Waals surface area contributed by atoms with E-state index in [0.29, 0.717) is 11.5 Å². The van der Waals surface area contributed by atoms with Crippen molar-refractivity contribution >= 4 is 12.0 Å². The number of carbonyl (C=O) groups excluding carboxylic acids is 1. The zero-order valence-electron chi connectivity index (χ0n) is 15.1. The highest BCUT2D eigenvalue weighted by Crippen LogP contribution is 2.26. The molecule has 138 valence electrons. The Balaban J connectivity index is 2.04. The highest BCUT2D eigenvalue weighted by molar-refractivity contribution is 5.97. The second kappa shape index (κ2) is 9.68. The maximum Gasteiger partial charge on any atom is 0.262 e. The fourth-order valence-electron chi connectivity index (χ4n) is 2.34. The Kier molecular flexibility index (Phi) is 7.03. The first-order chi connectivity index (χ1) is 13.1. The number of phenolic OH excluding ortho intramolecular Hbond substituents is 1. The Morgan fingerprint density at radius 1 is 1.19 bits per heavy atom. The van der Waals surface area contributed by atoms with Crippen LogP contribution in [0, 0.1) is 11.3 Å². The molecule has 1 amide bonds. The minimum Gasteiger partial charge on any atom is -0.504 e. The van der Waals surface area contributed by atoms with Gasteiger partial charge in [0.15, 0.2) is 11.5 Å². The summed E-state index contributed by atoms with van der Waals surface area (Å²) in [6.45, 7) is 0.251. The van der Waals surface area contributed by atoms with Gasteiger partial charge in [-0.2, -0.15) is 5.26 Å². The number of allylic oxidation sites excluding steroid dienone is 2. The van der Waals surface area contributed by atoms with Crippen LogP contribution in [0.3, 0.4) is 0 Å². The molecule has 0 aromatic heterocycles. The van der Waals surface area contributed by atoms with Gasteiger partial charge in [0.1, 0.15) is 17.4 Å². The summed E-state index contributed by atoms with van der Waals surface area (Å²) in [6.07, 6.45) is 4.72. The Morgan fingerprint density at radius 3 is 2.63 bits per heavy atom. The second-order valence-electron chi connectivity index (χ2n) is 5.48. The smallest absolute Gasteiger partial charge is 0.262 e. The summed E-state index contributed by atoms with van der Waals surface area (Å²) in [5, 5.41) is 21.5. The number of rotatable bonds is 7. The van der Waals surface area contributed by atoms with E-state index >= 15 is 0 Å². The number of carbonyl (C=O) groups is 1. The summed E-state index contributed by atoms with van der Waals surface area (Å²) >= 11 is 0. The average molecular weight is 364 g/mol. The second-order valence-corrected chi connectivity index (χ2v) is 5.48. The van der Waals surface area contributed by atoms with Crippen molar-refractivity contribution in [3.63, 3.8) is 0 Å². The first kappa shape index (κ1) is 19.6. The van der Waals surface area contributed by atoms with Gasteiger partial charge in [-0.05, 0) is 29.8 Å². The fraction of sp³-hybridized carbons (Fsp3) is 0.143. The van der Waals surface area contributed by atoms with Gasteiger partial charge in [0.2, 0.25) is 0 Å². The first-order valence-corrected chi connectivity index (χ1v) is 8.14. The molecule has 0 spiro atoms.